The minimum absolute atomic E-state index is 0.0683. The first kappa shape index (κ1) is 18.0. The van der Waals surface area contributed by atoms with E-state index in [0.717, 1.165) is 42.2 Å². The number of hydrogen-bond acceptors (Lipinski definition) is 4. The summed E-state index contributed by atoms with van der Waals surface area (Å²) in [5.41, 5.74) is 1.01. The lowest BCUT2D eigenvalue weighted by molar-refractivity contribution is -0.136. The van der Waals surface area contributed by atoms with Crippen molar-refractivity contribution in [2.24, 2.45) is 0 Å². The van der Waals surface area contributed by atoms with Gasteiger partial charge in [0.1, 0.15) is 11.8 Å². The Morgan fingerprint density at radius 2 is 2.16 bits per heavy atom. The van der Waals surface area contributed by atoms with E-state index in [2.05, 4.69) is 4.98 Å². The van der Waals surface area contributed by atoms with Crippen molar-refractivity contribution < 1.29 is 9.21 Å². The summed E-state index contributed by atoms with van der Waals surface area (Å²) in [6, 6.07) is 7.66. The maximum Gasteiger partial charge on any atom is 0.237 e. The molecule has 0 aliphatic carbocycles. The van der Waals surface area contributed by atoms with E-state index >= 15 is 0 Å². The van der Waals surface area contributed by atoms with Gasteiger partial charge in [-0.05, 0) is 45.0 Å². The molecule has 134 valence electrons. The zero-order chi connectivity index (χ0) is 17.8. The lowest BCUT2D eigenvalue weighted by Gasteiger charge is -2.34. The van der Waals surface area contributed by atoms with Crippen LogP contribution in [0.1, 0.15) is 42.5 Å². The second-order valence-electron chi connectivity index (χ2n) is 6.77. The van der Waals surface area contributed by atoms with E-state index in [1.165, 1.54) is 0 Å². The van der Waals surface area contributed by atoms with E-state index in [1.807, 2.05) is 48.2 Å². The van der Waals surface area contributed by atoms with Gasteiger partial charge in [-0.25, -0.2) is 4.98 Å². The van der Waals surface area contributed by atoms with Crippen molar-refractivity contribution >= 4 is 17.5 Å². The molecule has 1 amide bonds. The molecule has 0 N–H and O–H groups in total. The van der Waals surface area contributed by atoms with Gasteiger partial charge in [0, 0.05) is 18.0 Å². The van der Waals surface area contributed by atoms with E-state index in [0.29, 0.717) is 18.9 Å². The minimum Gasteiger partial charge on any atom is -0.443 e. The SMILES string of the molecule is CN(C)CC(=O)N1CCCC[C@H]1c1ncc(Cc2ccccc2Cl)o1. The topological polar surface area (TPSA) is 49.6 Å². The zero-order valence-electron chi connectivity index (χ0n) is 14.7. The third-order valence-electron chi connectivity index (χ3n) is 4.45. The molecule has 1 atom stereocenters. The van der Waals surface area contributed by atoms with Gasteiger partial charge in [0.15, 0.2) is 0 Å². The van der Waals surface area contributed by atoms with Crippen LogP contribution in [0.3, 0.4) is 0 Å². The summed E-state index contributed by atoms with van der Waals surface area (Å²) in [6.45, 7) is 1.17. The Balaban J connectivity index is 1.75. The van der Waals surface area contributed by atoms with Crippen LogP contribution in [0.4, 0.5) is 0 Å². The molecule has 1 saturated heterocycles. The Hall–Kier alpha value is -1.85. The molecule has 0 radical (unpaired) electrons. The Morgan fingerprint density at radius 3 is 2.92 bits per heavy atom. The highest BCUT2D eigenvalue weighted by Gasteiger charge is 2.31. The van der Waals surface area contributed by atoms with Crippen LogP contribution in [0.25, 0.3) is 0 Å². The Kier molecular flexibility index (Phi) is 5.76. The van der Waals surface area contributed by atoms with Gasteiger partial charge in [-0.2, -0.15) is 0 Å². The first-order valence-corrected chi connectivity index (χ1v) is 9.04. The lowest BCUT2D eigenvalue weighted by atomic mass is 10.0. The molecule has 1 aliphatic rings. The average Bonchev–Trinajstić information content (AvgIpc) is 3.05. The number of aromatic nitrogens is 1. The van der Waals surface area contributed by atoms with Gasteiger partial charge in [0.2, 0.25) is 11.8 Å². The van der Waals surface area contributed by atoms with Crippen molar-refractivity contribution in [1.82, 2.24) is 14.8 Å². The number of likely N-dealkylation sites (N-methyl/N-ethyl adjacent to an activating group) is 1. The molecule has 1 aromatic carbocycles. The molecule has 0 bridgehead atoms. The number of likely N-dealkylation sites (tertiary alicyclic amines) is 1. The highest BCUT2D eigenvalue weighted by molar-refractivity contribution is 6.31. The molecule has 6 heteroatoms. The molecule has 0 spiro atoms. The molecule has 1 fully saturated rings. The molecule has 25 heavy (non-hydrogen) atoms. The number of carbonyl (C=O) groups excluding carboxylic acids is 1. The van der Waals surface area contributed by atoms with E-state index in [9.17, 15) is 4.79 Å². The number of halogens is 1. The second-order valence-corrected chi connectivity index (χ2v) is 7.18. The van der Waals surface area contributed by atoms with E-state index in [-0.39, 0.29) is 11.9 Å². The molecule has 1 aliphatic heterocycles. The van der Waals surface area contributed by atoms with Gasteiger partial charge < -0.3 is 14.2 Å². The van der Waals surface area contributed by atoms with Crippen LogP contribution in [-0.4, -0.2) is 47.9 Å². The monoisotopic (exact) mass is 361 g/mol. The Labute approximate surface area is 153 Å². The van der Waals surface area contributed by atoms with Crippen LogP contribution in [0, 0.1) is 0 Å². The van der Waals surface area contributed by atoms with Crippen LogP contribution < -0.4 is 0 Å². The van der Waals surface area contributed by atoms with Gasteiger partial charge >= 0.3 is 0 Å². The van der Waals surface area contributed by atoms with Crippen molar-refractivity contribution in [2.75, 3.05) is 27.2 Å². The molecular weight excluding hydrogens is 338 g/mol. The number of rotatable bonds is 5. The summed E-state index contributed by atoms with van der Waals surface area (Å²) in [5, 5.41) is 0.723. The van der Waals surface area contributed by atoms with Crippen LogP contribution in [0.2, 0.25) is 5.02 Å². The molecular formula is C19H24ClN3O2. The highest BCUT2D eigenvalue weighted by atomic mass is 35.5. The molecule has 1 aromatic heterocycles. The van der Waals surface area contributed by atoms with Gasteiger partial charge in [0.25, 0.3) is 0 Å². The summed E-state index contributed by atoms with van der Waals surface area (Å²) in [4.78, 5) is 20.8. The standard InChI is InChI=1S/C19H24ClN3O2/c1-22(2)13-18(24)23-10-6-5-9-17(23)19-21-12-15(25-19)11-14-7-3-4-8-16(14)20/h3-4,7-8,12,17H,5-6,9-11,13H2,1-2H3/t17-/m0/s1. The van der Waals surface area contributed by atoms with E-state index in [4.69, 9.17) is 16.0 Å². The fraction of sp³-hybridized carbons (Fsp3) is 0.474. The Bertz CT molecular complexity index is 729. The summed E-state index contributed by atoms with van der Waals surface area (Å²) >= 11 is 6.22. The van der Waals surface area contributed by atoms with Crippen molar-refractivity contribution in [3.8, 4) is 0 Å². The fourth-order valence-corrected chi connectivity index (χ4v) is 3.44. The van der Waals surface area contributed by atoms with E-state index in [1.54, 1.807) is 6.20 Å². The predicted octanol–water partition coefficient (Wildman–Crippen LogP) is 3.53. The highest BCUT2D eigenvalue weighted by Crippen LogP contribution is 2.31. The molecule has 5 nitrogen and oxygen atoms in total. The first-order chi connectivity index (χ1) is 12.0. The number of amides is 1. The summed E-state index contributed by atoms with van der Waals surface area (Å²) < 4.78 is 5.99. The number of oxazole rings is 1. The summed E-state index contributed by atoms with van der Waals surface area (Å²) in [6.07, 6.45) is 5.36. The van der Waals surface area contributed by atoms with Crippen LogP contribution in [0.15, 0.2) is 34.9 Å². The maximum absolute atomic E-state index is 12.5. The third kappa shape index (κ3) is 4.41. The van der Waals surface area contributed by atoms with Gasteiger partial charge in [0.05, 0.1) is 12.7 Å². The molecule has 3 rings (SSSR count). The summed E-state index contributed by atoms with van der Waals surface area (Å²) in [7, 11) is 3.81. The molecule has 0 saturated carbocycles. The molecule has 0 unspecified atom stereocenters. The quantitative estimate of drug-likeness (QED) is 0.817. The van der Waals surface area contributed by atoms with Crippen molar-refractivity contribution in [1.29, 1.82) is 0 Å². The molecule has 2 heterocycles. The maximum atomic E-state index is 12.5. The number of benzene rings is 1. The van der Waals surface area contributed by atoms with Crippen molar-refractivity contribution in [2.45, 2.75) is 31.7 Å². The van der Waals surface area contributed by atoms with Crippen LogP contribution >= 0.6 is 11.6 Å². The second kappa shape index (κ2) is 8.02. The van der Waals surface area contributed by atoms with Crippen molar-refractivity contribution in [3.05, 3.63) is 52.7 Å². The number of hydrogen-bond donors (Lipinski definition) is 0. The normalized spacial score (nSPS) is 17.9. The Morgan fingerprint density at radius 1 is 1.36 bits per heavy atom. The lowest BCUT2D eigenvalue weighted by Crippen LogP contribution is -2.42. The first-order valence-electron chi connectivity index (χ1n) is 8.67. The van der Waals surface area contributed by atoms with Crippen LogP contribution in [-0.2, 0) is 11.2 Å². The summed E-state index contributed by atoms with van der Waals surface area (Å²) in [5.74, 6) is 1.53. The largest absolute Gasteiger partial charge is 0.443 e. The number of nitrogens with zero attached hydrogens (tertiary/aromatic N) is 3. The smallest absolute Gasteiger partial charge is 0.237 e. The van der Waals surface area contributed by atoms with Crippen molar-refractivity contribution in [3.63, 3.8) is 0 Å². The van der Waals surface area contributed by atoms with Gasteiger partial charge in [-0.1, -0.05) is 29.8 Å². The number of piperidine rings is 1. The predicted molar refractivity (Wildman–Crippen MR) is 97.6 cm³/mol. The third-order valence-corrected chi connectivity index (χ3v) is 4.82. The number of carbonyl (C=O) groups is 1. The minimum atomic E-state index is -0.0683. The fourth-order valence-electron chi connectivity index (χ4n) is 3.24. The van der Waals surface area contributed by atoms with Gasteiger partial charge in [-0.15, -0.1) is 0 Å². The van der Waals surface area contributed by atoms with Gasteiger partial charge in [-0.3, -0.25) is 4.79 Å². The molecule has 2 aromatic rings. The van der Waals surface area contributed by atoms with Crippen LogP contribution in [0.5, 0.6) is 0 Å². The van der Waals surface area contributed by atoms with E-state index < -0.39 is 0 Å². The average molecular weight is 362 g/mol. The zero-order valence-corrected chi connectivity index (χ0v) is 15.5.